The second-order valence-electron chi connectivity index (χ2n) is 6.32. The third-order valence-corrected chi connectivity index (χ3v) is 11.5. The van der Waals surface area contributed by atoms with Crippen LogP contribution in [-0.2, 0) is 6.16 Å². The largest absolute Gasteiger partial charge is 0.121 e. The summed E-state index contributed by atoms with van der Waals surface area (Å²) in [6, 6.07) is 35.3. The van der Waals surface area contributed by atoms with Gasteiger partial charge in [0.25, 0.3) is 0 Å². The van der Waals surface area contributed by atoms with E-state index in [-0.39, 0.29) is 0 Å². The summed E-state index contributed by atoms with van der Waals surface area (Å²) in [5.74, 6) is 0. The first-order valence-electron chi connectivity index (χ1n) is 8.69. The zero-order valence-electron chi connectivity index (χ0n) is 14.6. The lowest BCUT2D eigenvalue weighted by atomic mass is 10.3. The minimum absolute atomic E-state index is 0.994. The molecule has 0 atom stereocenters. The Kier molecular flexibility index (Phi) is 5.94. The Hall–Kier alpha value is -1.25. The van der Waals surface area contributed by atoms with E-state index in [0.29, 0.717) is 0 Å². The number of thiophene rings is 1. The number of hydrogen-bond donors (Lipinski definition) is 0. The first-order valence-corrected chi connectivity index (χ1v) is 13.1. The van der Waals surface area contributed by atoms with Crippen molar-refractivity contribution in [1.82, 2.24) is 0 Å². The minimum atomic E-state index is -1.83. The molecule has 0 aliphatic heterocycles. The van der Waals surface area contributed by atoms with E-state index in [1.807, 2.05) is 0 Å². The smallest absolute Gasteiger partial charge is 0.116 e. The molecule has 4 aromatic rings. The Morgan fingerprint density at radius 2 is 1.04 bits per heavy atom. The Balaban J connectivity index is 2.01. The zero-order chi connectivity index (χ0) is 18.7. The van der Waals surface area contributed by atoms with E-state index in [1.165, 1.54) is 25.3 Å². The van der Waals surface area contributed by atoms with Crippen molar-refractivity contribution in [3.8, 4) is 0 Å². The summed E-state index contributed by atoms with van der Waals surface area (Å²) in [5.41, 5.74) is 1.36. The van der Waals surface area contributed by atoms with Gasteiger partial charge in [-0.2, -0.15) is 0 Å². The van der Waals surface area contributed by atoms with E-state index in [9.17, 15) is 0 Å². The second-order valence-corrected chi connectivity index (χ2v) is 13.6. The van der Waals surface area contributed by atoms with Crippen LogP contribution in [0, 0.1) is 0 Å². The van der Waals surface area contributed by atoms with Gasteiger partial charge in [0.1, 0.15) is 29.3 Å². The molecule has 1 aromatic heterocycles. The molecule has 0 saturated carbocycles. The van der Waals surface area contributed by atoms with Crippen LogP contribution in [0.5, 0.6) is 0 Å². The Labute approximate surface area is 181 Å². The predicted octanol–water partition coefficient (Wildman–Crippen LogP) is 6.77. The summed E-state index contributed by atoms with van der Waals surface area (Å²) in [6.45, 7) is 0. The fourth-order valence-electron chi connectivity index (χ4n) is 3.51. The van der Waals surface area contributed by atoms with Gasteiger partial charge in [0, 0.05) is 5.56 Å². The number of hydrogen-bond acceptors (Lipinski definition) is 1. The average Bonchev–Trinajstić information content (AvgIpc) is 3.04. The van der Waals surface area contributed by atoms with Crippen LogP contribution in [0.2, 0.25) is 0 Å². The van der Waals surface area contributed by atoms with Crippen LogP contribution in [0.25, 0.3) is 0 Å². The van der Waals surface area contributed by atoms with Gasteiger partial charge >= 0.3 is 0 Å². The molecule has 0 aliphatic rings. The average molecular weight is 517 g/mol. The fraction of sp³-hybridized carbons (Fsp3) is 0.0435. The van der Waals surface area contributed by atoms with Gasteiger partial charge in [-0.3, -0.25) is 0 Å². The highest BCUT2D eigenvalue weighted by Crippen LogP contribution is 2.59. The highest BCUT2D eigenvalue weighted by Gasteiger charge is 2.45. The van der Waals surface area contributed by atoms with Crippen molar-refractivity contribution in [2.45, 2.75) is 6.16 Å². The zero-order valence-corrected chi connectivity index (χ0v) is 19.4. The minimum Gasteiger partial charge on any atom is -0.121 e. The van der Waals surface area contributed by atoms with Crippen LogP contribution in [0.3, 0.4) is 0 Å². The lowest BCUT2D eigenvalue weighted by Gasteiger charge is -2.27. The standard InChI is InChI=1S/C23H18Br2PS/c24-22-16-18(23(25)27-22)17-26(19-10-4-1-5-11-19,20-12-6-2-7-13-20)21-14-8-3-9-15-21/h1-16H,17H2/q+1. The third kappa shape index (κ3) is 3.84. The van der Waals surface area contributed by atoms with Gasteiger partial charge in [-0.15, -0.1) is 11.3 Å². The predicted molar refractivity (Wildman–Crippen MR) is 129 cm³/mol. The van der Waals surface area contributed by atoms with Crippen molar-refractivity contribution in [2.75, 3.05) is 0 Å². The highest BCUT2D eigenvalue weighted by atomic mass is 79.9. The van der Waals surface area contributed by atoms with E-state index in [4.69, 9.17) is 0 Å². The first-order chi connectivity index (χ1) is 13.2. The Morgan fingerprint density at radius 3 is 1.37 bits per heavy atom. The molecule has 0 nitrogen and oxygen atoms in total. The summed E-state index contributed by atoms with van der Waals surface area (Å²) in [5, 5.41) is 4.24. The second kappa shape index (κ2) is 8.41. The number of rotatable bonds is 5. The summed E-state index contributed by atoms with van der Waals surface area (Å²) < 4.78 is 2.37. The van der Waals surface area contributed by atoms with E-state index >= 15 is 0 Å². The van der Waals surface area contributed by atoms with Gasteiger partial charge in [-0.05, 0) is 74.3 Å². The topological polar surface area (TPSA) is 0 Å². The van der Waals surface area contributed by atoms with Gasteiger partial charge in [0.15, 0.2) is 0 Å². The lowest BCUT2D eigenvalue weighted by Crippen LogP contribution is -2.32. The van der Waals surface area contributed by atoms with Gasteiger partial charge in [-0.25, -0.2) is 0 Å². The van der Waals surface area contributed by atoms with Gasteiger partial charge in [0.05, 0.1) is 7.57 Å². The van der Waals surface area contributed by atoms with Crippen LogP contribution in [0.1, 0.15) is 5.56 Å². The van der Waals surface area contributed by atoms with Gasteiger partial charge in [-0.1, -0.05) is 54.6 Å². The molecule has 0 unspecified atom stereocenters. The third-order valence-electron chi connectivity index (χ3n) is 4.73. The molecule has 0 bridgehead atoms. The van der Waals surface area contributed by atoms with Crippen LogP contribution in [-0.4, -0.2) is 0 Å². The van der Waals surface area contributed by atoms with Crippen molar-refractivity contribution in [2.24, 2.45) is 0 Å². The molecule has 0 saturated heterocycles. The van der Waals surface area contributed by atoms with Crippen LogP contribution < -0.4 is 15.9 Å². The Bertz CT molecular complexity index is 918. The monoisotopic (exact) mass is 515 g/mol. The van der Waals surface area contributed by atoms with Crippen LogP contribution in [0.15, 0.2) is 105 Å². The molecule has 134 valence electrons. The fourth-order valence-corrected chi connectivity index (χ4v) is 10.9. The molecule has 27 heavy (non-hydrogen) atoms. The molecule has 0 fully saturated rings. The quantitative estimate of drug-likeness (QED) is 0.257. The molecule has 0 N–H and O–H groups in total. The van der Waals surface area contributed by atoms with Crippen molar-refractivity contribution in [3.63, 3.8) is 0 Å². The highest BCUT2D eigenvalue weighted by molar-refractivity contribution is 9.12. The summed E-state index contributed by atoms with van der Waals surface area (Å²) in [4.78, 5) is 0. The lowest BCUT2D eigenvalue weighted by molar-refractivity contribution is 1.41. The van der Waals surface area contributed by atoms with E-state index in [2.05, 4.69) is 129 Å². The van der Waals surface area contributed by atoms with Gasteiger partial charge < -0.3 is 0 Å². The van der Waals surface area contributed by atoms with E-state index < -0.39 is 7.26 Å². The molecule has 0 amide bonds. The normalized spacial score (nSPS) is 11.5. The summed E-state index contributed by atoms with van der Waals surface area (Å²) in [7, 11) is -1.83. The molecule has 3 aromatic carbocycles. The van der Waals surface area contributed by atoms with E-state index in [0.717, 1.165) is 9.95 Å². The maximum Gasteiger partial charge on any atom is 0.116 e. The SMILES string of the molecule is Brc1cc(C[P+](c2ccccc2)(c2ccccc2)c2ccccc2)c(Br)s1. The van der Waals surface area contributed by atoms with Crippen molar-refractivity contribution >= 4 is 66.4 Å². The molecule has 4 rings (SSSR count). The molecular weight excluding hydrogens is 499 g/mol. The molecule has 4 heteroatoms. The first kappa shape index (κ1) is 19.1. The van der Waals surface area contributed by atoms with Crippen molar-refractivity contribution in [3.05, 3.63) is 110 Å². The van der Waals surface area contributed by atoms with Crippen LogP contribution in [0.4, 0.5) is 0 Å². The number of halogens is 2. The Morgan fingerprint density at radius 1 is 0.630 bits per heavy atom. The maximum absolute atomic E-state index is 3.79. The van der Waals surface area contributed by atoms with E-state index in [1.54, 1.807) is 11.3 Å². The molecule has 1 heterocycles. The number of benzene rings is 3. The molecule has 0 radical (unpaired) electrons. The summed E-state index contributed by atoms with van der Waals surface area (Å²) in [6.07, 6.45) is 0.994. The van der Waals surface area contributed by atoms with Crippen molar-refractivity contribution < 1.29 is 0 Å². The molecule has 0 spiro atoms. The van der Waals surface area contributed by atoms with Gasteiger partial charge in [0.2, 0.25) is 0 Å². The molecule has 0 aliphatic carbocycles. The van der Waals surface area contributed by atoms with Crippen molar-refractivity contribution in [1.29, 1.82) is 0 Å². The molecular formula is C23H18Br2PS+. The van der Waals surface area contributed by atoms with Crippen LogP contribution >= 0.6 is 50.5 Å². The maximum atomic E-state index is 3.79. The summed E-state index contributed by atoms with van der Waals surface area (Å²) >= 11 is 9.20.